The molecule has 2 saturated heterocycles. The Hall–Kier alpha value is -0.160. The summed E-state index contributed by atoms with van der Waals surface area (Å²) >= 11 is 0. The third-order valence-electron chi connectivity index (χ3n) is 2.45. The van der Waals surface area contributed by atoms with Crippen LogP contribution >= 0.6 is 0 Å². The van der Waals surface area contributed by atoms with Crippen LogP contribution in [0.5, 0.6) is 0 Å². The summed E-state index contributed by atoms with van der Waals surface area (Å²) in [5.74, 6) is 5.55. The van der Waals surface area contributed by atoms with Crippen molar-refractivity contribution in [2.75, 3.05) is 39.4 Å². The van der Waals surface area contributed by atoms with Crippen molar-refractivity contribution in [3.05, 3.63) is 0 Å². The second-order valence-corrected chi connectivity index (χ2v) is 3.26. The van der Waals surface area contributed by atoms with Crippen molar-refractivity contribution in [2.45, 2.75) is 6.04 Å². The van der Waals surface area contributed by atoms with E-state index in [1.54, 1.807) is 0 Å². The van der Waals surface area contributed by atoms with Crippen LogP contribution in [0.4, 0.5) is 0 Å². The maximum Gasteiger partial charge on any atom is 0.0594 e. The van der Waals surface area contributed by atoms with Gasteiger partial charge < -0.3 is 4.74 Å². The SMILES string of the molecule is NN1CC(N2CCOCC2)C1. The van der Waals surface area contributed by atoms with Gasteiger partial charge in [0, 0.05) is 32.2 Å². The maximum absolute atomic E-state index is 5.55. The molecule has 0 aromatic carbocycles. The maximum atomic E-state index is 5.55. The van der Waals surface area contributed by atoms with Crippen LogP contribution in [0.25, 0.3) is 0 Å². The van der Waals surface area contributed by atoms with Crippen molar-refractivity contribution in [3.8, 4) is 0 Å². The molecule has 4 heteroatoms. The van der Waals surface area contributed by atoms with Gasteiger partial charge in [-0.15, -0.1) is 0 Å². The number of hydrogen-bond acceptors (Lipinski definition) is 4. The fourth-order valence-electron chi connectivity index (χ4n) is 1.66. The average molecular weight is 157 g/mol. The topological polar surface area (TPSA) is 41.7 Å². The highest BCUT2D eigenvalue weighted by molar-refractivity contribution is 4.85. The van der Waals surface area contributed by atoms with E-state index in [1.807, 2.05) is 5.01 Å². The molecule has 2 N–H and O–H groups in total. The summed E-state index contributed by atoms with van der Waals surface area (Å²) in [5, 5.41) is 1.86. The van der Waals surface area contributed by atoms with E-state index in [2.05, 4.69) is 4.90 Å². The van der Waals surface area contributed by atoms with Gasteiger partial charge in [-0.3, -0.25) is 10.7 Å². The summed E-state index contributed by atoms with van der Waals surface area (Å²) in [5.41, 5.74) is 0. The molecule has 0 radical (unpaired) electrons. The molecule has 64 valence electrons. The van der Waals surface area contributed by atoms with Gasteiger partial charge in [0.25, 0.3) is 0 Å². The minimum atomic E-state index is 0.698. The predicted octanol–water partition coefficient (Wildman–Crippen LogP) is -1.12. The molecule has 0 atom stereocenters. The summed E-state index contributed by atoms with van der Waals surface area (Å²) < 4.78 is 5.26. The summed E-state index contributed by atoms with van der Waals surface area (Å²) in [6.45, 7) is 6.00. The van der Waals surface area contributed by atoms with E-state index in [4.69, 9.17) is 10.6 Å². The first-order chi connectivity index (χ1) is 5.36. The Labute approximate surface area is 66.9 Å². The lowest BCUT2D eigenvalue weighted by Gasteiger charge is -2.44. The molecule has 2 aliphatic rings. The number of nitrogens with zero attached hydrogens (tertiary/aromatic N) is 2. The van der Waals surface area contributed by atoms with E-state index in [0.717, 1.165) is 39.4 Å². The highest BCUT2D eigenvalue weighted by Gasteiger charge is 2.30. The van der Waals surface area contributed by atoms with E-state index in [0.29, 0.717) is 6.04 Å². The van der Waals surface area contributed by atoms with Gasteiger partial charge in [0.05, 0.1) is 13.2 Å². The zero-order valence-corrected chi connectivity index (χ0v) is 6.70. The third kappa shape index (κ3) is 1.54. The average Bonchev–Trinajstić information content (AvgIpc) is 2.01. The van der Waals surface area contributed by atoms with Crippen LogP contribution in [0.3, 0.4) is 0 Å². The van der Waals surface area contributed by atoms with Gasteiger partial charge in [-0.2, -0.15) is 0 Å². The van der Waals surface area contributed by atoms with Crippen LogP contribution in [0.15, 0.2) is 0 Å². The molecule has 4 nitrogen and oxygen atoms in total. The van der Waals surface area contributed by atoms with Gasteiger partial charge >= 0.3 is 0 Å². The van der Waals surface area contributed by atoms with E-state index in [9.17, 15) is 0 Å². The fourth-order valence-corrected chi connectivity index (χ4v) is 1.66. The molecule has 0 bridgehead atoms. The number of morpholine rings is 1. The third-order valence-corrected chi connectivity index (χ3v) is 2.45. The molecule has 2 heterocycles. The second kappa shape index (κ2) is 3.06. The normalized spacial score (nSPS) is 30.3. The minimum absolute atomic E-state index is 0.698. The number of nitrogens with two attached hydrogens (primary N) is 1. The monoisotopic (exact) mass is 157 g/mol. The number of hydrogen-bond donors (Lipinski definition) is 1. The van der Waals surface area contributed by atoms with E-state index in [1.165, 1.54) is 0 Å². The van der Waals surface area contributed by atoms with Crippen LogP contribution in [0.2, 0.25) is 0 Å². The summed E-state index contributed by atoms with van der Waals surface area (Å²) in [6.07, 6.45) is 0. The molecule has 0 unspecified atom stereocenters. The molecular formula is C7H15N3O. The Balaban J connectivity index is 1.76. The fraction of sp³-hybridized carbons (Fsp3) is 1.00. The van der Waals surface area contributed by atoms with Gasteiger partial charge in [-0.05, 0) is 0 Å². The van der Waals surface area contributed by atoms with Gasteiger partial charge in [0.15, 0.2) is 0 Å². The Morgan fingerprint density at radius 3 is 2.36 bits per heavy atom. The van der Waals surface area contributed by atoms with Crippen LogP contribution in [-0.2, 0) is 4.74 Å². The van der Waals surface area contributed by atoms with E-state index in [-0.39, 0.29) is 0 Å². The van der Waals surface area contributed by atoms with Crippen molar-refractivity contribution in [3.63, 3.8) is 0 Å². The zero-order chi connectivity index (χ0) is 7.68. The molecule has 0 aromatic rings. The number of ether oxygens (including phenoxy) is 1. The van der Waals surface area contributed by atoms with Crippen LogP contribution < -0.4 is 5.84 Å². The van der Waals surface area contributed by atoms with Crippen molar-refractivity contribution in [2.24, 2.45) is 5.84 Å². The summed E-state index contributed by atoms with van der Waals surface area (Å²) in [7, 11) is 0. The van der Waals surface area contributed by atoms with Crippen LogP contribution in [0, 0.1) is 0 Å². The molecule has 0 amide bonds. The molecule has 2 aliphatic heterocycles. The lowest BCUT2D eigenvalue weighted by molar-refractivity contribution is -0.0323. The molecular weight excluding hydrogens is 142 g/mol. The highest BCUT2D eigenvalue weighted by Crippen LogP contribution is 2.12. The molecule has 0 spiro atoms. The molecule has 2 rings (SSSR count). The zero-order valence-electron chi connectivity index (χ0n) is 6.70. The van der Waals surface area contributed by atoms with Gasteiger partial charge in [-0.1, -0.05) is 0 Å². The standard InChI is InChI=1S/C7H15N3O/c8-10-5-7(6-10)9-1-3-11-4-2-9/h7H,1-6,8H2. The second-order valence-electron chi connectivity index (χ2n) is 3.26. The largest absolute Gasteiger partial charge is 0.379 e. The van der Waals surface area contributed by atoms with Crippen LogP contribution in [0.1, 0.15) is 0 Å². The minimum Gasteiger partial charge on any atom is -0.379 e. The van der Waals surface area contributed by atoms with Gasteiger partial charge in [0.1, 0.15) is 0 Å². The molecule has 11 heavy (non-hydrogen) atoms. The van der Waals surface area contributed by atoms with Crippen molar-refractivity contribution in [1.82, 2.24) is 9.91 Å². The van der Waals surface area contributed by atoms with E-state index >= 15 is 0 Å². The number of hydrazine groups is 1. The highest BCUT2D eigenvalue weighted by atomic mass is 16.5. The van der Waals surface area contributed by atoms with Crippen molar-refractivity contribution >= 4 is 0 Å². The quantitative estimate of drug-likeness (QED) is 0.489. The first-order valence-corrected chi connectivity index (χ1v) is 4.18. The Bertz CT molecular complexity index is 130. The lowest BCUT2D eigenvalue weighted by atomic mass is 10.1. The van der Waals surface area contributed by atoms with Crippen molar-refractivity contribution < 1.29 is 4.74 Å². The number of rotatable bonds is 1. The first kappa shape index (κ1) is 7.49. The van der Waals surface area contributed by atoms with Gasteiger partial charge in [0.2, 0.25) is 0 Å². The Kier molecular flexibility index (Phi) is 2.09. The van der Waals surface area contributed by atoms with Crippen LogP contribution in [-0.4, -0.2) is 55.3 Å². The van der Waals surface area contributed by atoms with E-state index < -0.39 is 0 Å². The lowest BCUT2D eigenvalue weighted by Crippen LogP contribution is -2.63. The smallest absolute Gasteiger partial charge is 0.0594 e. The Morgan fingerprint density at radius 1 is 1.18 bits per heavy atom. The molecule has 0 aliphatic carbocycles. The Morgan fingerprint density at radius 2 is 1.82 bits per heavy atom. The molecule has 0 aromatic heterocycles. The predicted molar refractivity (Wildman–Crippen MR) is 41.9 cm³/mol. The summed E-state index contributed by atoms with van der Waals surface area (Å²) in [6, 6.07) is 0.698. The summed E-state index contributed by atoms with van der Waals surface area (Å²) in [4.78, 5) is 2.47. The molecule has 2 fully saturated rings. The first-order valence-electron chi connectivity index (χ1n) is 4.18. The van der Waals surface area contributed by atoms with Crippen molar-refractivity contribution in [1.29, 1.82) is 0 Å². The molecule has 0 saturated carbocycles. The van der Waals surface area contributed by atoms with Gasteiger partial charge in [-0.25, -0.2) is 5.01 Å².